The zero-order chi connectivity index (χ0) is 22.3. The van der Waals surface area contributed by atoms with Crippen LogP contribution >= 0.6 is 0 Å². The summed E-state index contributed by atoms with van der Waals surface area (Å²) in [5.74, 6) is -0.347. The quantitative estimate of drug-likeness (QED) is 0.519. The number of urea groups is 1. The van der Waals surface area contributed by atoms with Gasteiger partial charge in [-0.15, -0.1) is 4.28 Å². The third-order valence-corrected chi connectivity index (χ3v) is 4.70. The minimum absolute atomic E-state index is 0.313. The summed E-state index contributed by atoms with van der Waals surface area (Å²) in [6.07, 6.45) is 3.10. The first-order valence-corrected chi connectivity index (χ1v) is 10.4. The zero-order valence-corrected chi connectivity index (χ0v) is 17.7. The topological polar surface area (TPSA) is 153 Å². The smallest absolute Gasteiger partial charge is 0.418 e. The molecule has 0 aliphatic carbocycles. The van der Waals surface area contributed by atoms with Crippen molar-refractivity contribution in [3.05, 3.63) is 17.5 Å². The van der Waals surface area contributed by atoms with E-state index >= 15 is 0 Å². The normalized spacial score (nSPS) is 22.4. The van der Waals surface area contributed by atoms with Crippen LogP contribution in [-0.2, 0) is 42.6 Å². The zero-order valence-electron chi connectivity index (χ0n) is 16.9. The molecule has 4 heterocycles. The van der Waals surface area contributed by atoms with Crippen molar-refractivity contribution in [1.82, 2.24) is 19.7 Å². The predicted molar refractivity (Wildman–Crippen MR) is 100 cm³/mol. The fraction of sp³-hybridized carbons (Fsp3) is 0.625. The second-order valence-corrected chi connectivity index (χ2v) is 8.83. The van der Waals surface area contributed by atoms with Crippen molar-refractivity contribution >= 4 is 28.6 Å². The van der Waals surface area contributed by atoms with E-state index in [1.165, 1.54) is 4.90 Å². The van der Waals surface area contributed by atoms with E-state index in [1.807, 2.05) is 20.8 Å². The van der Waals surface area contributed by atoms with Crippen molar-refractivity contribution in [3.63, 3.8) is 0 Å². The first-order chi connectivity index (χ1) is 13.9. The van der Waals surface area contributed by atoms with Gasteiger partial charge in [-0.25, -0.2) is 9.59 Å². The van der Waals surface area contributed by atoms with Crippen LogP contribution < -0.4 is 0 Å². The second-order valence-electron chi connectivity index (χ2n) is 7.83. The molecule has 0 spiro atoms. The fourth-order valence-electron chi connectivity index (χ4n) is 3.11. The summed E-state index contributed by atoms with van der Waals surface area (Å²) in [6.45, 7) is 6.11. The maximum Gasteiger partial charge on any atom is 0.418 e. The van der Waals surface area contributed by atoms with Gasteiger partial charge in [0.2, 0.25) is 6.10 Å². The molecule has 3 aliphatic heterocycles. The van der Waals surface area contributed by atoms with Gasteiger partial charge >= 0.3 is 22.4 Å². The van der Waals surface area contributed by atoms with Crippen LogP contribution in [0.2, 0.25) is 0 Å². The van der Waals surface area contributed by atoms with E-state index in [0.29, 0.717) is 24.6 Å². The van der Waals surface area contributed by atoms with Crippen LogP contribution in [0.3, 0.4) is 0 Å². The molecule has 3 aliphatic rings. The Bertz CT molecular complexity index is 959. The molecule has 14 heteroatoms. The van der Waals surface area contributed by atoms with Crippen molar-refractivity contribution in [3.8, 4) is 0 Å². The number of hydroxylamine groups is 2. The van der Waals surface area contributed by atoms with Crippen LogP contribution in [0, 0.1) is 0 Å². The number of esters is 1. The van der Waals surface area contributed by atoms with Gasteiger partial charge in [-0.1, -0.05) is 5.16 Å². The van der Waals surface area contributed by atoms with Gasteiger partial charge in [0, 0.05) is 25.2 Å². The Hall–Kier alpha value is -2.71. The average Bonchev–Trinajstić information content (AvgIpc) is 3.31. The average molecular weight is 445 g/mol. The Morgan fingerprint density at radius 1 is 1.37 bits per heavy atom. The number of carbonyl (C=O) groups is 2. The number of carbonyl (C=O) groups excluding carboxylic acids is 2. The number of hydrogen-bond donors (Lipinski definition) is 1. The molecule has 1 saturated heterocycles. The molecule has 0 saturated carbocycles. The van der Waals surface area contributed by atoms with Crippen molar-refractivity contribution in [2.24, 2.45) is 12.2 Å². The number of hydrogen-bond acceptors (Lipinski definition) is 9. The molecule has 2 atom stereocenters. The van der Waals surface area contributed by atoms with Crippen LogP contribution in [0.1, 0.15) is 44.5 Å². The number of ether oxygens (including phenoxy) is 1. The van der Waals surface area contributed by atoms with Crippen LogP contribution in [-0.4, -0.2) is 69.2 Å². The van der Waals surface area contributed by atoms with Crippen LogP contribution in [0.15, 0.2) is 11.4 Å². The monoisotopic (exact) mass is 445 g/mol. The Balaban J connectivity index is 0.000000187. The van der Waals surface area contributed by atoms with Crippen LogP contribution in [0.4, 0.5) is 4.79 Å². The highest BCUT2D eigenvalue weighted by Crippen LogP contribution is 2.37. The first kappa shape index (κ1) is 22.0. The molecular formula is C16H23N5O8S. The van der Waals surface area contributed by atoms with E-state index in [-0.39, 0.29) is 5.97 Å². The molecule has 0 radical (unpaired) electrons. The van der Waals surface area contributed by atoms with Gasteiger partial charge in [0.15, 0.2) is 0 Å². The number of aromatic nitrogens is 2. The summed E-state index contributed by atoms with van der Waals surface area (Å²) in [5, 5.41) is 8.22. The molecule has 0 aromatic carbocycles. The molecule has 1 fully saturated rings. The van der Waals surface area contributed by atoms with Gasteiger partial charge in [0.25, 0.3) is 0 Å². The molecule has 1 aromatic rings. The maximum atomic E-state index is 11.9. The van der Waals surface area contributed by atoms with Crippen molar-refractivity contribution in [1.29, 1.82) is 0 Å². The molecule has 166 valence electrons. The standard InChI is InChI=1S/C8H10N4O5S.C8H13NO3/c1-10-6-3-11-4-7(5(6)2-9-10)12(8(11)13)17-18(14,15)16;1-8(2,3)11-7(10)6-4-5-9-12-6/h2,7H,3-4H2,1H3,(H,14,15,16);5-6H,4H2,1-3H3. The number of aryl methyl sites for hydroxylation is 1. The van der Waals surface area contributed by atoms with Crippen LogP contribution in [0.5, 0.6) is 0 Å². The van der Waals surface area contributed by atoms with E-state index in [1.54, 1.807) is 24.1 Å². The SMILES string of the molecule is CC(C)(C)OC(=O)C1CC=NO1.Cn1ncc2c1CN1CC2N(OS(=O)(=O)O)C1=O. The Kier molecular flexibility index (Phi) is 5.75. The van der Waals surface area contributed by atoms with Gasteiger partial charge in [-0.2, -0.15) is 18.6 Å². The molecule has 1 aromatic heterocycles. The van der Waals surface area contributed by atoms with Crippen molar-refractivity contribution in [2.75, 3.05) is 6.54 Å². The lowest BCUT2D eigenvalue weighted by Crippen LogP contribution is -2.32. The molecule has 30 heavy (non-hydrogen) atoms. The Morgan fingerprint density at radius 2 is 2.07 bits per heavy atom. The highest BCUT2D eigenvalue weighted by molar-refractivity contribution is 7.80. The largest absolute Gasteiger partial charge is 0.457 e. The number of fused-ring (bicyclic) bond motifs is 4. The number of rotatable bonds is 3. The van der Waals surface area contributed by atoms with Crippen molar-refractivity contribution < 1.29 is 36.4 Å². The number of oxime groups is 1. The van der Waals surface area contributed by atoms with E-state index in [4.69, 9.17) is 14.1 Å². The van der Waals surface area contributed by atoms with Gasteiger partial charge in [0.1, 0.15) is 11.6 Å². The van der Waals surface area contributed by atoms with E-state index in [2.05, 4.69) is 14.5 Å². The summed E-state index contributed by atoms with van der Waals surface area (Å²) in [4.78, 5) is 29.3. The van der Waals surface area contributed by atoms with Crippen molar-refractivity contribution in [2.45, 2.75) is 51.5 Å². The van der Waals surface area contributed by atoms with Crippen LogP contribution in [0.25, 0.3) is 0 Å². The lowest BCUT2D eigenvalue weighted by Gasteiger charge is -2.21. The minimum Gasteiger partial charge on any atom is -0.457 e. The lowest BCUT2D eigenvalue weighted by molar-refractivity contribution is -0.166. The molecule has 2 bridgehead atoms. The lowest BCUT2D eigenvalue weighted by atomic mass is 10.1. The summed E-state index contributed by atoms with van der Waals surface area (Å²) in [6, 6.07) is -1.16. The minimum atomic E-state index is -4.72. The second kappa shape index (κ2) is 7.85. The third-order valence-electron chi connectivity index (χ3n) is 4.36. The fourth-order valence-corrected chi connectivity index (χ4v) is 3.48. The van der Waals surface area contributed by atoms with E-state index < -0.39 is 34.2 Å². The Labute approximate surface area is 173 Å². The third kappa shape index (κ3) is 4.88. The Morgan fingerprint density at radius 3 is 2.63 bits per heavy atom. The highest BCUT2D eigenvalue weighted by atomic mass is 32.3. The number of amides is 2. The van der Waals surface area contributed by atoms with E-state index in [0.717, 1.165) is 11.3 Å². The first-order valence-electron chi connectivity index (χ1n) is 9.02. The summed E-state index contributed by atoms with van der Waals surface area (Å²) in [5.41, 5.74) is 1.09. The van der Waals surface area contributed by atoms with Gasteiger partial charge in [-0.05, 0) is 20.8 Å². The highest BCUT2D eigenvalue weighted by Gasteiger charge is 2.47. The molecular weight excluding hydrogens is 422 g/mol. The molecule has 13 nitrogen and oxygen atoms in total. The summed E-state index contributed by atoms with van der Waals surface area (Å²) < 4.78 is 41.2. The number of nitrogens with zero attached hydrogens (tertiary/aromatic N) is 5. The van der Waals surface area contributed by atoms with Gasteiger partial charge in [-0.3, -0.25) is 9.23 Å². The van der Waals surface area contributed by atoms with Gasteiger partial charge < -0.3 is 14.5 Å². The summed E-state index contributed by atoms with van der Waals surface area (Å²) in [7, 11) is -2.98. The maximum absolute atomic E-state index is 11.9. The molecule has 2 amide bonds. The molecule has 2 unspecified atom stereocenters. The predicted octanol–water partition coefficient (Wildman–Crippen LogP) is 0.550. The van der Waals surface area contributed by atoms with E-state index in [9.17, 15) is 18.0 Å². The van der Waals surface area contributed by atoms with Gasteiger partial charge in [0.05, 0.1) is 25.0 Å². The summed E-state index contributed by atoms with van der Waals surface area (Å²) >= 11 is 0. The molecule has 4 rings (SSSR count). The molecule has 1 N–H and O–H groups in total.